The smallest absolute Gasteiger partial charge is 0.255 e. The molecule has 6 nitrogen and oxygen atoms in total. The molecular formula is C19H17FN4O2. The lowest BCUT2D eigenvalue weighted by atomic mass is 9.94. The number of carbonyl (C=O) groups is 1. The number of anilines is 1. The topological polar surface area (TPSA) is 88.0 Å². The van der Waals surface area contributed by atoms with Gasteiger partial charge in [-0.1, -0.05) is 6.07 Å². The zero-order valence-electron chi connectivity index (χ0n) is 13.9. The van der Waals surface area contributed by atoms with Crippen LogP contribution in [0.3, 0.4) is 0 Å². The summed E-state index contributed by atoms with van der Waals surface area (Å²) in [6.07, 6.45) is 5.64. The molecule has 1 fully saturated rings. The molecule has 0 unspecified atom stereocenters. The number of hydrogen-bond acceptors (Lipinski definition) is 6. The van der Waals surface area contributed by atoms with Crippen molar-refractivity contribution in [2.45, 2.75) is 31.7 Å². The SMILES string of the molecule is O=C1CCC(Nc2ncnc3ccc(-c4cnc(F)c(O)c4)cc23)CC1. The van der Waals surface area contributed by atoms with Gasteiger partial charge in [0.05, 0.1) is 5.52 Å². The first-order valence-corrected chi connectivity index (χ1v) is 8.48. The minimum Gasteiger partial charge on any atom is -0.504 e. The summed E-state index contributed by atoms with van der Waals surface area (Å²) in [5.41, 5.74) is 2.15. The second kappa shape index (κ2) is 6.67. The second-order valence-electron chi connectivity index (χ2n) is 6.45. The maximum Gasteiger partial charge on any atom is 0.255 e. The van der Waals surface area contributed by atoms with E-state index in [0.29, 0.717) is 30.0 Å². The van der Waals surface area contributed by atoms with Crippen LogP contribution in [0.25, 0.3) is 22.0 Å². The standard InChI is InChI=1S/C19H17FN4O2/c20-18-17(26)8-12(9-21-18)11-1-6-16-15(7-11)19(23-10-22-16)24-13-2-4-14(25)5-3-13/h1,6-10,13,26H,2-5H2,(H,22,23,24). The van der Waals surface area contributed by atoms with Crippen molar-refractivity contribution < 1.29 is 14.3 Å². The summed E-state index contributed by atoms with van der Waals surface area (Å²) in [7, 11) is 0. The Morgan fingerprint density at radius 2 is 1.88 bits per heavy atom. The van der Waals surface area contributed by atoms with E-state index in [0.717, 1.165) is 29.3 Å². The van der Waals surface area contributed by atoms with Gasteiger partial charge in [-0.05, 0) is 36.6 Å². The minimum atomic E-state index is -0.896. The molecule has 0 bridgehead atoms. The number of carbonyl (C=O) groups excluding carboxylic acids is 1. The van der Waals surface area contributed by atoms with E-state index >= 15 is 0 Å². The molecule has 132 valence electrons. The fourth-order valence-electron chi connectivity index (χ4n) is 3.22. The van der Waals surface area contributed by atoms with Crippen LogP contribution in [0.15, 0.2) is 36.8 Å². The minimum absolute atomic E-state index is 0.200. The van der Waals surface area contributed by atoms with Crippen LogP contribution >= 0.6 is 0 Å². The number of rotatable bonds is 3. The average molecular weight is 352 g/mol. The second-order valence-corrected chi connectivity index (χ2v) is 6.45. The van der Waals surface area contributed by atoms with Crippen molar-refractivity contribution in [1.29, 1.82) is 0 Å². The van der Waals surface area contributed by atoms with Crippen molar-refractivity contribution in [3.63, 3.8) is 0 Å². The van der Waals surface area contributed by atoms with Gasteiger partial charge < -0.3 is 10.4 Å². The number of aromatic hydroxyl groups is 1. The van der Waals surface area contributed by atoms with E-state index in [-0.39, 0.29) is 6.04 Å². The Bertz CT molecular complexity index is 982. The number of pyridine rings is 1. The Labute approximate surface area is 149 Å². The Morgan fingerprint density at radius 1 is 1.08 bits per heavy atom. The average Bonchev–Trinajstić information content (AvgIpc) is 2.66. The van der Waals surface area contributed by atoms with Gasteiger partial charge in [-0.25, -0.2) is 15.0 Å². The highest BCUT2D eigenvalue weighted by Crippen LogP contribution is 2.30. The Hall–Kier alpha value is -3.09. The summed E-state index contributed by atoms with van der Waals surface area (Å²) in [5.74, 6) is -0.374. The molecular weight excluding hydrogens is 335 g/mol. The third kappa shape index (κ3) is 3.20. The van der Waals surface area contributed by atoms with Gasteiger partial charge in [-0.15, -0.1) is 0 Å². The molecule has 0 atom stereocenters. The van der Waals surface area contributed by atoms with E-state index in [1.807, 2.05) is 18.2 Å². The molecule has 2 aromatic heterocycles. The highest BCUT2D eigenvalue weighted by atomic mass is 19.1. The maximum atomic E-state index is 13.2. The van der Waals surface area contributed by atoms with E-state index in [1.54, 1.807) is 0 Å². The molecule has 1 aliphatic carbocycles. The quantitative estimate of drug-likeness (QED) is 0.702. The highest BCUT2D eigenvalue weighted by Gasteiger charge is 2.19. The number of Topliss-reactive ketones (excluding diaryl/α,β-unsaturated/α-hetero) is 1. The zero-order valence-corrected chi connectivity index (χ0v) is 13.9. The number of benzene rings is 1. The van der Waals surface area contributed by atoms with Crippen LogP contribution in [0.5, 0.6) is 5.75 Å². The largest absolute Gasteiger partial charge is 0.504 e. The number of nitrogens with zero attached hydrogens (tertiary/aromatic N) is 3. The lowest BCUT2D eigenvalue weighted by Gasteiger charge is -2.23. The van der Waals surface area contributed by atoms with Gasteiger partial charge in [0.15, 0.2) is 5.75 Å². The van der Waals surface area contributed by atoms with Gasteiger partial charge in [0.25, 0.3) is 5.95 Å². The molecule has 1 aliphatic rings. The summed E-state index contributed by atoms with van der Waals surface area (Å²) in [6.45, 7) is 0. The van der Waals surface area contributed by atoms with Crippen molar-refractivity contribution in [2.24, 2.45) is 0 Å². The lowest BCUT2D eigenvalue weighted by Crippen LogP contribution is -2.26. The van der Waals surface area contributed by atoms with E-state index in [9.17, 15) is 14.3 Å². The molecule has 0 saturated heterocycles. The van der Waals surface area contributed by atoms with Crippen LogP contribution in [0.2, 0.25) is 0 Å². The van der Waals surface area contributed by atoms with Crippen molar-refractivity contribution in [3.8, 4) is 16.9 Å². The van der Waals surface area contributed by atoms with Crippen LogP contribution in [-0.2, 0) is 4.79 Å². The van der Waals surface area contributed by atoms with Crippen molar-refractivity contribution in [2.75, 3.05) is 5.32 Å². The Kier molecular flexibility index (Phi) is 4.20. The first-order chi connectivity index (χ1) is 12.6. The molecule has 0 radical (unpaired) electrons. The molecule has 2 heterocycles. The zero-order chi connectivity index (χ0) is 18.1. The molecule has 1 aromatic carbocycles. The first kappa shape index (κ1) is 16.4. The van der Waals surface area contributed by atoms with Gasteiger partial charge in [-0.3, -0.25) is 4.79 Å². The van der Waals surface area contributed by atoms with E-state index in [1.165, 1.54) is 18.6 Å². The van der Waals surface area contributed by atoms with Crippen LogP contribution in [0, 0.1) is 5.95 Å². The van der Waals surface area contributed by atoms with Crippen molar-refractivity contribution >= 4 is 22.5 Å². The van der Waals surface area contributed by atoms with E-state index < -0.39 is 11.7 Å². The molecule has 7 heteroatoms. The van der Waals surface area contributed by atoms with Gasteiger partial charge in [0.2, 0.25) is 0 Å². The lowest BCUT2D eigenvalue weighted by molar-refractivity contribution is -0.120. The summed E-state index contributed by atoms with van der Waals surface area (Å²) >= 11 is 0. The fourth-order valence-corrected chi connectivity index (χ4v) is 3.22. The normalized spacial score (nSPS) is 15.3. The molecule has 0 spiro atoms. The van der Waals surface area contributed by atoms with Crippen molar-refractivity contribution in [1.82, 2.24) is 15.0 Å². The van der Waals surface area contributed by atoms with E-state index in [4.69, 9.17) is 0 Å². The molecule has 2 N–H and O–H groups in total. The predicted molar refractivity (Wildman–Crippen MR) is 95.3 cm³/mol. The summed E-state index contributed by atoms with van der Waals surface area (Å²) in [5, 5.41) is 13.8. The number of hydrogen-bond donors (Lipinski definition) is 2. The van der Waals surface area contributed by atoms with Gasteiger partial charge >= 0.3 is 0 Å². The van der Waals surface area contributed by atoms with E-state index in [2.05, 4.69) is 20.3 Å². The number of fused-ring (bicyclic) bond motifs is 1. The molecule has 0 amide bonds. The van der Waals surface area contributed by atoms with Gasteiger partial charge in [-0.2, -0.15) is 4.39 Å². The summed E-state index contributed by atoms with van der Waals surface area (Å²) in [6, 6.07) is 7.12. The molecule has 3 aromatic rings. The van der Waals surface area contributed by atoms with Gasteiger partial charge in [0.1, 0.15) is 17.9 Å². The van der Waals surface area contributed by atoms with Crippen LogP contribution in [0.1, 0.15) is 25.7 Å². The molecule has 1 saturated carbocycles. The molecule has 26 heavy (non-hydrogen) atoms. The first-order valence-electron chi connectivity index (χ1n) is 8.48. The third-order valence-corrected chi connectivity index (χ3v) is 4.67. The number of nitrogens with one attached hydrogen (secondary N) is 1. The van der Waals surface area contributed by atoms with Crippen molar-refractivity contribution in [3.05, 3.63) is 42.7 Å². The molecule has 0 aliphatic heterocycles. The third-order valence-electron chi connectivity index (χ3n) is 4.67. The fraction of sp³-hybridized carbons (Fsp3) is 0.263. The van der Waals surface area contributed by atoms with Crippen LogP contribution in [-0.4, -0.2) is 31.9 Å². The predicted octanol–water partition coefficient (Wildman–Crippen LogP) is 3.46. The maximum absolute atomic E-state index is 13.2. The summed E-state index contributed by atoms with van der Waals surface area (Å²) < 4.78 is 13.2. The Morgan fingerprint density at radius 3 is 2.65 bits per heavy atom. The number of halogens is 1. The number of ketones is 1. The van der Waals surface area contributed by atoms with Crippen LogP contribution in [0.4, 0.5) is 10.2 Å². The highest BCUT2D eigenvalue weighted by molar-refractivity contribution is 5.92. The monoisotopic (exact) mass is 352 g/mol. The van der Waals surface area contributed by atoms with Crippen LogP contribution < -0.4 is 5.32 Å². The number of aromatic nitrogens is 3. The van der Waals surface area contributed by atoms with Gasteiger partial charge in [0, 0.05) is 36.0 Å². The Balaban J connectivity index is 1.70. The summed E-state index contributed by atoms with van der Waals surface area (Å²) in [4.78, 5) is 23.6. The molecule has 4 rings (SSSR count).